The van der Waals surface area contributed by atoms with Crippen molar-refractivity contribution >= 4 is 27.0 Å². The van der Waals surface area contributed by atoms with E-state index in [2.05, 4.69) is 4.18 Å². The molecule has 12 heteroatoms. The van der Waals surface area contributed by atoms with Crippen LogP contribution in [0.1, 0.15) is 40.3 Å². The van der Waals surface area contributed by atoms with Crippen LogP contribution in [0.15, 0.2) is 53.3 Å². The van der Waals surface area contributed by atoms with Crippen molar-refractivity contribution in [2.75, 3.05) is 0 Å². The number of hydrogen-bond donors (Lipinski definition) is 1. The van der Waals surface area contributed by atoms with Crippen LogP contribution in [0, 0.1) is 5.92 Å². The molecule has 1 heterocycles. The Balaban J connectivity index is 2.42. The highest BCUT2D eigenvalue weighted by Crippen LogP contribution is 2.35. The average molecular weight is 555 g/mol. The van der Waals surface area contributed by atoms with Crippen LogP contribution in [-0.2, 0) is 23.2 Å². The van der Waals surface area contributed by atoms with E-state index in [0.717, 1.165) is 12.1 Å². The van der Waals surface area contributed by atoms with Crippen molar-refractivity contribution < 1.29 is 35.7 Å². The van der Waals surface area contributed by atoms with E-state index >= 15 is 0 Å². The minimum absolute atomic E-state index is 0.0644. The Labute approximate surface area is 218 Å². The summed E-state index contributed by atoms with van der Waals surface area (Å²) in [6.45, 7) is 8.91. The Bertz CT molecular complexity index is 1510. The van der Waals surface area contributed by atoms with Crippen LogP contribution in [-0.4, -0.2) is 40.1 Å². The number of amides is 1. The minimum atomic E-state index is -5.95. The molecule has 0 aliphatic heterocycles. The molecule has 0 bridgehead atoms. The summed E-state index contributed by atoms with van der Waals surface area (Å²) in [6.07, 6.45) is -1.19. The molecule has 0 saturated carbocycles. The molecule has 2 aromatic carbocycles. The fourth-order valence-corrected chi connectivity index (χ4v) is 4.55. The quantitative estimate of drug-likeness (QED) is 0.291. The molecular formula is C26H29F3N2O6S. The molecule has 1 amide bonds. The number of pyridine rings is 1. The predicted molar refractivity (Wildman–Crippen MR) is 137 cm³/mol. The molecule has 0 saturated heterocycles. The molecule has 0 atom stereocenters. The molecular weight excluding hydrogens is 525 g/mol. The van der Waals surface area contributed by atoms with Gasteiger partial charge in [-0.25, -0.2) is 4.79 Å². The lowest BCUT2D eigenvalue weighted by atomic mass is 9.95. The molecule has 0 radical (unpaired) electrons. The van der Waals surface area contributed by atoms with Gasteiger partial charge in [0, 0.05) is 23.3 Å². The molecule has 1 N–H and O–H groups in total. The molecule has 0 fully saturated rings. The fraction of sp³-hybridized carbons (Fsp3) is 0.385. The lowest BCUT2D eigenvalue weighted by Crippen LogP contribution is -2.45. The maximum Gasteiger partial charge on any atom is 0.534 e. The van der Waals surface area contributed by atoms with Crippen molar-refractivity contribution in [2.24, 2.45) is 5.92 Å². The second-order valence-corrected chi connectivity index (χ2v) is 11.8. The van der Waals surface area contributed by atoms with E-state index in [1.807, 2.05) is 13.8 Å². The Morgan fingerprint density at radius 1 is 1.05 bits per heavy atom. The first-order valence-corrected chi connectivity index (χ1v) is 13.1. The maximum absolute atomic E-state index is 13.8. The normalized spacial score (nSPS) is 12.7. The zero-order chi connectivity index (χ0) is 28.6. The van der Waals surface area contributed by atoms with Gasteiger partial charge in [-0.2, -0.15) is 21.6 Å². The van der Waals surface area contributed by atoms with Crippen LogP contribution >= 0.6 is 0 Å². The number of fused-ring (bicyclic) bond motifs is 1. The van der Waals surface area contributed by atoms with Gasteiger partial charge in [-0.15, -0.1) is 0 Å². The van der Waals surface area contributed by atoms with Crippen molar-refractivity contribution in [3.05, 3.63) is 64.6 Å². The van der Waals surface area contributed by atoms with Crippen molar-refractivity contribution in [1.29, 1.82) is 0 Å². The Hall–Kier alpha value is -3.54. The van der Waals surface area contributed by atoms with E-state index < -0.39 is 38.6 Å². The van der Waals surface area contributed by atoms with E-state index in [1.54, 1.807) is 51.1 Å². The van der Waals surface area contributed by atoms with Crippen LogP contribution in [0.4, 0.5) is 18.0 Å². The number of carboxylic acid groups (broad SMARTS) is 1. The van der Waals surface area contributed by atoms with Gasteiger partial charge >= 0.3 is 21.7 Å². The average Bonchev–Trinajstić information content (AvgIpc) is 2.78. The molecule has 1 aromatic heterocycles. The molecule has 8 nitrogen and oxygen atoms in total. The van der Waals surface area contributed by atoms with Crippen LogP contribution < -0.4 is 9.74 Å². The second kappa shape index (κ2) is 10.3. The third-order valence-corrected chi connectivity index (χ3v) is 6.78. The van der Waals surface area contributed by atoms with Gasteiger partial charge in [0.05, 0.1) is 11.9 Å². The number of carbonyl (C=O) groups is 1. The lowest BCUT2D eigenvalue weighted by molar-refractivity contribution is -0.0500. The zero-order valence-electron chi connectivity index (χ0n) is 21.5. The van der Waals surface area contributed by atoms with E-state index in [4.69, 9.17) is 0 Å². The van der Waals surface area contributed by atoms with Crippen LogP contribution in [0.2, 0.25) is 0 Å². The molecule has 0 spiro atoms. The van der Waals surface area contributed by atoms with E-state index in [9.17, 15) is 36.3 Å². The maximum atomic E-state index is 13.8. The number of halogens is 3. The molecule has 0 aliphatic carbocycles. The fourth-order valence-electron chi connectivity index (χ4n) is 4.09. The summed E-state index contributed by atoms with van der Waals surface area (Å²) in [5.41, 5.74) is -5.54. The van der Waals surface area contributed by atoms with E-state index in [1.165, 1.54) is 15.5 Å². The molecule has 0 aliphatic rings. The standard InChI is InChI=1S/C26H29F3N2O6S/c1-16(2)14-30-21(15-31(24(33)34)25(3,4)5)22(17-9-7-6-8-10-17)19-12-11-18(13-20(19)23(30)32)37-38(35,36)26(27,28)29/h6-13,16H,14-15H2,1-5H3,(H,33,34). The Kier molecular flexibility index (Phi) is 7.88. The van der Waals surface area contributed by atoms with Crippen LogP contribution in [0.3, 0.4) is 0 Å². The Morgan fingerprint density at radius 2 is 1.66 bits per heavy atom. The number of rotatable bonds is 7. The van der Waals surface area contributed by atoms with Gasteiger partial charge in [-0.05, 0) is 55.8 Å². The van der Waals surface area contributed by atoms with Crippen molar-refractivity contribution in [3.63, 3.8) is 0 Å². The van der Waals surface area contributed by atoms with Gasteiger partial charge in [0.1, 0.15) is 5.75 Å². The second-order valence-electron chi connectivity index (χ2n) is 10.2. The van der Waals surface area contributed by atoms with Crippen molar-refractivity contribution in [2.45, 2.75) is 58.8 Å². The molecule has 0 unspecified atom stereocenters. The summed E-state index contributed by atoms with van der Waals surface area (Å²) < 4.78 is 67.6. The predicted octanol–water partition coefficient (Wildman–Crippen LogP) is 5.83. The largest absolute Gasteiger partial charge is 0.534 e. The van der Waals surface area contributed by atoms with Gasteiger partial charge in [0.25, 0.3) is 5.56 Å². The summed E-state index contributed by atoms with van der Waals surface area (Å²) in [7, 11) is -5.95. The first-order chi connectivity index (χ1) is 17.4. The van der Waals surface area contributed by atoms with Crippen LogP contribution in [0.5, 0.6) is 5.75 Å². The highest BCUT2D eigenvalue weighted by atomic mass is 32.2. The first kappa shape index (κ1) is 29.0. The summed E-state index contributed by atoms with van der Waals surface area (Å²) in [6, 6.07) is 12.1. The summed E-state index contributed by atoms with van der Waals surface area (Å²) in [4.78, 5) is 27.2. The van der Waals surface area contributed by atoms with Gasteiger partial charge < -0.3 is 13.9 Å². The number of nitrogens with zero attached hydrogens (tertiary/aromatic N) is 2. The highest BCUT2D eigenvalue weighted by molar-refractivity contribution is 7.88. The highest BCUT2D eigenvalue weighted by Gasteiger charge is 2.48. The van der Waals surface area contributed by atoms with Gasteiger partial charge in [-0.3, -0.25) is 9.69 Å². The molecule has 206 valence electrons. The number of benzene rings is 2. The van der Waals surface area contributed by atoms with Gasteiger partial charge in [-0.1, -0.05) is 44.2 Å². The first-order valence-electron chi connectivity index (χ1n) is 11.7. The third kappa shape index (κ3) is 5.95. The number of hydrogen-bond acceptors (Lipinski definition) is 5. The summed E-state index contributed by atoms with van der Waals surface area (Å²) in [5.74, 6) is -0.734. The molecule has 3 rings (SSSR count). The summed E-state index contributed by atoms with van der Waals surface area (Å²) in [5, 5.41) is 10.2. The number of alkyl halides is 3. The molecule has 38 heavy (non-hydrogen) atoms. The van der Waals surface area contributed by atoms with E-state index in [0.29, 0.717) is 22.2 Å². The van der Waals surface area contributed by atoms with Gasteiger partial charge in [0.2, 0.25) is 0 Å². The molecule has 3 aromatic rings. The zero-order valence-corrected chi connectivity index (χ0v) is 22.4. The number of aromatic nitrogens is 1. The lowest BCUT2D eigenvalue weighted by Gasteiger charge is -2.35. The summed E-state index contributed by atoms with van der Waals surface area (Å²) >= 11 is 0. The van der Waals surface area contributed by atoms with Crippen LogP contribution in [0.25, 0.3) is 21.9 Å². The monoisotopic (exact) mass is 554 g/mol. The smallest absolute Gasteiger partial charge is 0.465 e. The minimum Gasteiger partial charge on any atom is -0.465 e. The van der Waals surface area contributed by atoms with E-state index in [-0.39, 0.29) is 24.4 Å². The van der Waals surface area contributed by atoms with Gasteiger partial charge in [0.15, 0.2) is 0 Å². The topological polar surface area (TPSA) is 106 Å². The third-order valence-electron chi connectivity index (χ3n) is 5.80. The SMILES string of the molecule is CC(C)Cn1c(CN(C(=O)O)C(C)(C)C)c(-c2ccccc2)c2ccc(OS(=O)(=O)C(F)(F)F)cc2c1=O. The van der Waals surface area contributed by atoms with Crippen molar-refractivity contribution in [1.82, 2.24) is 9.47 Å². The Morgan fingerprint density at radius 3 is 2.16 bits per heavy atom. The van der Waals surface area contributed by atoms with Crippen molar-refractivity contribution in [3.8, 4) is 16.9 Å².